The maximum Gasteiger partial charge on any atom is 0.250 e. The monoisotopic (exact) mass is 642 g/mol. The summed E-state index contributed by atoms with van der Waals surface area (Å²) in [5, 5.41) is 0.231. The molecule has 1 aliphatic rings. The molecule has 4 nitrogen and oxygen atoms in total. The number of ether oxygens (including phenoxy) is 1. The zero-order chi connectivity index (χ0) is 29.5. The van der Waals surface area contributed by atoms with Crippen LogP contribution in [0, 0.1) is 0 Å². The van der Waals surface area contributed by atoms with Crippen molar-refractivity contribution in [3.05, 3.63) is 46.1 Å². The summed E-state index contributed by atoms with van der Waals surface area (Å²) in [6.45, 7) is 34.9. The van der Waals surface area contributed by atoms with Crippen LogP contribution in [0.2, 0.25) is 54.4 Å². The summed E-state index contributed by atoms with van der Waals surface area (Å²) in [6, 6.07) is 8.38. The van der Waals surface area contributed by atoms with Crippen LogP contribution in [-0.2, 0) is 18.0 Å². The Morgan fingerprint density at radius 3 is 1.66 bits per heavy atom. The molecule has 1 aliphatic heterocycles. The molecule has 218 valence electrons. The van der Waals surface area contributed by atoms with Gasteiger partial charge >= 0.3 is 0 Å². The van der Waals surface area contributed by atoms with E-state index in [1.54, 1.807) is 0 Å². The number of rotatable bonds is 8. The summed E-state index contributed by atoms with van der Waals surface area (Å²) in [7, 11) is -6.30. The molecule has 1 aromatic carbocycles. The Balaban J connectivity index is 2.62. The largest absolute Gasteiger partial charge is 0.545 e. The summed E-state index contributed by atoms with van der Waals surface area (Å²) in [6.07, 6.45) is 1.37. The second kappa shape index (κ2) is 11.6. The maximum absolute atomic E-state index is 7.15. The molecule has 0 aliphatic carbocycles. The molecule has 38 heavy (non-hydrogen) atoms. The molecular weight excluding hydrogens is 588 g/mol. The summed E-state index contributed by atoms with van der Waals surface area (Å²) in [4.78, 5) is 0. The molecule has 1 heterocycles. The normalized spacial score (nSPS) is 22.3. The van der Waals surface area contributed by atoms with Gasteiger partial charge in [0.05, 0.1) is 6.61 Å². The molecule has 1 aromatic rings. The molecule has 0 unspecified atom stereocenters. The second-order valence-electron chi connectivity index (χ2n) is 15.4. The molecule has 0 N–H and O–H groups in total. The first-order valence-electron chi connectivity index (χ1n) is 14.0. The van der Waals surface area contributed by atoms with Crippen molar-refractivity contribution in [2.75, 3.05) is 6.61 Å². The van der Waals surface area contributed by atoms with Crippen LogP contribution >= 0.6 is 15.9 Å². The van der Waals surface area contributed by atoms with Crippen molar-refractivity contribution in [1.82, 2.24) is 0 Å². The lowest BCUT2D eigenvalue weighted by Crippen LogP contribution is -2.54. The fourth-order valence-electron chi connectivity index (χ4n) is 3.36. The average Bonchev–Trinajstić information content (AvgIpc) is 2.71. The zero-order valence-electron chi connectivity index (χ0n) is 26.8. The fraction of sp³-hybridized carbons (Fsp3) is 0.733. The number of hydrogen-bond acceptors (Lipinski definition) is 4. The molecule has 2 rings (SSSR count). The quantitative estimate of drug-likeness (QED) is 0.264. The van der Waals surface area contributed by atoms with Gasteiger partial charge in [0.2, 0.25) is 8.32 Å². The van der Waals surface area contributed by atoms with Gasteiger partial charge in [-0.1, -0.05) is 90.4 Å². The van der Waals surface area contributed by atoms with E-state index in [0.29, 0.717) is 6.61 Å². The predicted molar refractivity (Wildman–Crippen MR) is 173 cm³/mol. The van der Waals surface area contributed by atoms with Gasteiger partial charge in [-0.25, -0.2) is 0 Å². The molecule has 0 spiro atoms. The van der Waals surface area contributed by atoms with Crippen molar-refractivity contribution < 1.29 is 18.0 Å². The van der Waals surface area contributed by atoms with Crippen molar-refractivity contribution in [2.24, 2.45) is 0 Å². The van der Waals surface area contributed by atoms with E-state index in [-0.39, 0.29) is 33.4 Å². The highest BCUT2D eigenvalue weighted by atomic mass is 79.9. The summed E-state index contributed by atoms with van der Waals surface area (Å²) >= 11 is 3.57. The van der Waals surface area contributed by atoms with Gasteiger partial charge in [0, 0.05) is 4.47 Å². The van der Waals surface area contributed by atoms with Gasteiger partial charge < -0.3 is 18.0 Å². The fourth-order valence-corrected chi connectivity index (χ4v) is 6.97. The van der Waals surface area contributed by atoms with Gasteiger partial charge in [0.15, 0.2) is 16.6 Å². The molecule has 0 saturated carbocycles. The Hall–Kier alpha value is -0.229. The molecule has 0 aromatic heterocycles. The Morgan fingerprint density at radius 2 is 1.21 bits per heavy atom. The molecule has 8 heteroatoms. The van der Waals surface area contributed by atoms with Gasteiger partial charge in [-0.15, -0.1) is 0 Å². The highest BCUT2D eigenvalue weighted by Crippen LogP contribution is 2.45. The van der Waals surface area contributed by atoms with Crippen LogP contribution in [0.15, 0.2) is 40.6 Å². The third-order valence-corrected chi connectivity index (χ3v) is 23.1. The van der Waals surface area contributed by atoms with Crippen LogP contribution in [-0.4, -0.2) is 43.8 Å². The van der Waals surface area contributed by atoms with Crippen LogP contribution in [0.4, 0.5) is 0 Å². The lowest BCUT2D eigenvalue weighted by Gasteiger charge is -2.47. The molecule has 0 radical (unpaired) electrons. The minimum Gasteiger partial charge on any atom is -0.545 e. The van der Waals surface area contributed by atoms with Crippen LogP contribution in [0.5, 0.6) is 0 Å². The van der Waals surface area contributed by atoms with E-state index in [1.807, 2.05) is 0 Å². The van der Waals surface area contributed by atoms with Crippen molar-refractivity contribution in [2.45, 2.75) is 135 Å². The van der Waals surface area contributed by atoms with E-state index in [2.05, 4.69) is 148 Å². The average molecular weight is 644 g/mol. The highest BCUT2D eigenvalue weighted by Gasteiger charge is 2.48. The van der Waals surface area contributed by atoms with Crippen molar-refractivity contribution in [3.63, 3.8) is 0 Å². The van der Waals surface area contributed by atoms with Gasteiger partial charge in [-0.2, -0.15) is 0 Å². The first kappa shape index (κ1) is 34.0. The topological polar surface area (TPSA) is 36.9 Å². The van der Waals surface area contributed by atoms with Gasteiger partial charge in [0.1, 0.15) is 24.1 Å². The Bertz CT molecular complexity index is 967. The van der Waals surface area contributed by atoms with E-state index in [0.717, 1.165) is 15.8 Å². The van der Waals surface area contributed by atoms with E-state index in [9.17, 15) is 0 Å². The lowest BCUT2D eigenvalue weighted by atomic mass is 10.0. The van der Waals surface area contributed by atoms with E-state index >= 15 is 0 Å². The molecular formula is C30H55BrO4Si3. The summed E-state index contributed by atoms with van der Waals surface area (Å²) in [5.74, 6) is 0.921. The molecule has 0 fully saturated rings. The number of halogens is 1. The Labute approximate surface area is 245 Å². The van der Waals surface area contributed by atoms with E-state index in [4.69, 9.17) is 18.0 Å². The standard InChI is InChI=1S/C30H55BrO4Si3/c1-28(2,3)36(10,11)32-21-26-27(35-38(14,15)30(7,8)9)25(34-37(12,13)29(4,5)6)20-24(33-26)22-16-18-23(31)19-17-22/h16-20,24,26-27H,21H2,1-15H3/t24-,26+,27-/m0/s1. The highest BCUT2D eigenvalue weighted by molar-refractivity contribution is 9.10. The smallest absolute Gasteiger partial charge is 0.250 e. The molecule has 0 saturated heterocycles. The van der Waals surface area contributed by atoms with Gasteiger partial charge in [-0.05, 0) is 78.2 Å². The molecule has 3 atom stereocenters. The second-order valence-corrected chi connectivity index (χ2v) is 30.7. The van der Waals surface area contributed by atoms with Crippen LogP contribution in [0.25, 0.3) is 0 Å². The molecule has 0 bridgehead atoms. The van der Waals surface area contributed by atoms with Crippen LogP contribution in [0.1, 0.15) is 74.0 Å². The Kier molecular flexibility index (Phi) is 10.3. The van der Waals surface area contributed by atoms with Crippen LogP contribution in [0.3, 0.4) is 0 Å². The van der Waals surface area contributed by atoms with E-state index < -0.39 is 25.0 Å². The van der Waals surface area contributed by atoms with Gasteiger partial charge in [-0.3, -0.25) is 0 Å². The number of benzene rings is 1. The third kappa shape index (κ3) is 8.17. The minimum absolute atomic E-state index is 0.0580. The van der Waals surface area contributed by atoms with E-state index in [1.165, 1.54) is 0 Å². The first-order chi connectivity index (χ1) is 16.9. The minimum atomic E-state index is -2.15. The van der Waals surface area contributed by atoms with Gasteiger partial charge in [0.25, 0.3) is 0 Å². The summed E-state index contributed by atoms with van der Waals surface area (Å²) < 4.78 is 28.9. The molecule has 0 amide bonds. The van der Waals surface area contributed by atoms with Crippen LogP contribution < -0.4 is 0 Å². The maximum atomic E-state index is 7.15. The number of hydrogen-bond donors (Lipinski definition) is 0. The Morgan fingerprint density at radius 1 is 0.737 bits per heavy atom. The van der Waals surface area contributed by atoms with Crippen molar-refractivity contribution >= 4 is 40.9 Å². The first-order valence-corrected chi connectivity index (χ1v) is 23.5. The SMILES string of the molecule is CC(C)(C)[Si](C)(C)OC[C@H]1O[C@H](c2ccc(Br)cc2)C=C(O[Si](C)(C)C(C)(C)C)[C@@H]1O[Si](C)(C)C(C)(C)C. The third-order valence-electron chi connectivity index (χ3n) is 9.28. The summed E-state index contributed by atoms with van der Waals surface area (Å²) in [5.41, 5.74) is 1.10. The predicted octanol–water partition coefficient (Wildman–Crippen LogP) is 10.2. The lowest BCUT2D eigenvalue weighted by molar-refractivity contribution is -0.0907. The zero-order valence-corrected chi connectivity index (χ0v) is 31.4. The van der Waals surface area contributed by atoms with Crippen molar-refractivity contribution in [3.8, 4) is 0 Å². The van der Waals surface area contributed by atoms with Crippen molar-refractivity contribution in [1.29, 1.82) is 0 Å².